The van der Waals surface area contributed by atoms with Crippen molar-refractivity contribution < 1.29 is 21.1 Å². The number of allylic oxidation sites excluding steroid dienone is 4. The molecule has 0 bridgehead atoms. The van der Waals surface area contributed by atoms with Gasteiger partial charge in [0.05, 0.1) is 0 Å². The Morgan fingerprint density at radius 2 is 1.42 bits per heavy atom. The Bertz CT molecular complexity index is 63.1. The molecule has 0 amide bonds. The molecular weight excluding hydrogens is 327 g/mol. The van der Waals surface area contributed by atoms with Crippen molar-refractivity contribution in [3.63, 3.8) is 0 Å². The summed E-state index contributed by atoms with van der Waals surface area (Å²) >= 11 is 0. The van der Waals surface area contributed by atoms with Crippen LogP contribution in [0, 0.1) is 26.8 Å². The summed E-state index contributed by atoms with van der Waals surface area (Å²) in [6, 6.07) is 0. The van der Waals surface area contributed by atoms with Crippen molar-refractivity contribution in [3.8, 4) is 0 Å². The van der Waals surface area contributed by atoms with Crippen molar-refractivity contribution in [1.29, 1.82) is 0 Å². The largest absolute Gasteiger partial charge is 4.00 e. The topological polar surface area (TPSA) is 0 Å². The van der Waals surface area contributed by atoms with E-state index in [-0.39, 0.29) is 21.1 Å². The van der Waals surface area contributed by atoms with Crippen molar-refractivity contribution in [2.75, 3.05) is 0 Å². The van der Waals surface area contributed by atoms with Crippen molar-refractivity contribution in [2.24, 2.45) is 0 Å². The SMILES string of the molecule is [C-]1=CC=CC1.[CH2-]C.[CH2-]C.[CH2-]C.[Pt+4]. The van der Waals surface area contributed by atoms with Gasteiger partial charge in [-0.25, -0.2) is 12.2 Å². The second kappa shape index (κ2) is 43.2. The van der Waals surface area contributed by atoms with Gasteiger partial charge in [0.1, 0.15) is 0 Å². The van der Waals surface area contributed by atoms with E-state index >= 15 is 0 Å². The average molecular weight is 347 g/mol. The van der Waals surface area contributed by atoms with E-state index in [1.165, 1.54) is 0 Å². The van der Waals surface area contributed by atoms with Crippen LogP contribution in [0.4, 0.5) is 0 Å². The summed E-state index contributed by atoms with van der Waals surface area (Å²) in [6.07, 6.45) is 10.0. The van der Waals surface area contributed by atoms with Crippen LogP contribution in [0.2, 0.25) is 0 Å². The number of rotatable bonds is 0. The molecule has 0 unspecified atom stereocenters. The molecule has 1 aliphatic rings. The second-order valence-corrected chi connectivity index (χ2v) is 1.00. The van der Waals surface area contributed by atoms with Gasteiger partial charge in [0.15, 0.2) is 0 Å². The molecule has 0 N–H and O–H groups in total. The van der Waals surface area contributed by atoms with Gasteiger partial charge in [-0.2, -0.15) is 26.8 Å². The molecule has 0 aromatic rings. The maximum atomic E-state index is 3.25. The molecule has 0 heterocycles. The van der Waals surface area contributed by atoms with Crippen LogP contribution in [0.1, 0.15) is 27.2 Å². The Morgan fingerprint density at radius 1 is 1.00 bits per heavy atom. The smallest absolute Gasteiger partial charge is 0.346 e. The third kappa shape index (κ3) is 32.0. The molecule has 1 heteroatoms. The summed E-state index contributed by atoms with van der Waals surface area (Å²) < 4.78 is 0. The van der Waals surface area contributed by atoms with E-state index in [0.717, 1.165) is 6.42 Å². The van der Waals surface area contributed by atoms with Crippen LogP contribution < -0.4 is 0 Å². The average Bonchev–Trinajstić information content (AvgIpc) is 2.71. The maximum absolute atomic E-state index is 3.25. The molecule has 0 aromatic heterocycles. The summed E-state index contributed by atoms with van der Waals surface area (Å²) in [4.78, 5) is 0. The van der Waals surface area contributed by atoms with Crippen LogP contribution in [-0.2, 0) is 21.1 Å². The fraction of sp³-hybridized carbons (Fsp3) is 0.364. The molecule has 1 aliphatic carbocycles. The minimum atomic E-state index is 0. The molecular formula is C11H20Pt. The predicted molar refractivity (Wildman–Crippen MR) is 54.7 cm³/mol. The predicted octanol–water partition coefficient (Wildman–Crippen LogP) is 3.82. The zero-order valence-electron chi connectivity index (χ0n) is 8.38. The summed E-state index contributed by atoms with van der Waals surface area (Å²) in [5.41, 5.74) is 0. The van der Waals surface area contributed by atoms with Crippen LogP contribution in [0.3, 0.4) is 0 Å². The van der Waals surface area contributed by atoms with E-state index in [0.29, 0.717) is 0 Å². The molecule has 0 nitrogen and oxygen atoms in total. The Labute approximate surface area is 93.4 Å². The summed E-state index contributed by atoms with van der Waals surface area (Å²) in [5, 5.41) is 0. The van der Waals surface area contributed by atoms with E-state index in [9.17, 15) is 0 Å². The van der Waals surface area contributed by atoms with E-state index in [1.54, 1.807) is 20.8 Å². The molecule has 0 saturated carbocycles. The van der Waals surface area contributed by atoms with Crippen molar-refractivity contribution >= 4 is 0 Å². The minimum absolute atomic E-state index is 0. The third-order valence-electron chi connectivity index (χ3n) is 0.586. The Hall–Kier alpha value is 0.168. The van der Waals surface area contributed by atoms with Gasteiger partial charge in [-0.15, -0.1) is 6.42 Å². The molecule has 0 fully saturated rings. The summed E-state index contributed by atoms with van der Waals surface area (Å²) in [5.74, 6) is 0. The molecule has 12 heavy (non-hydrogen) atoms. The fourth-order valence-corrected chi connectivity index (χ4v) is 0.340. The van der Waals surface area contributed by atoms with Gasteiger partial charge >= 0.3 is 21.1 Å². The second-order valence-electron chi connectivity index (χ2n) is 1.00. The third-order valence-corrected chi connectivity index (χ3v) is 0.586. The number of hydrogen-bond acceptors (Lipinski definition) is 0. The Kier molecular flexibility index (Phi) is 81.9. The van der Waals surface area contributed by atoms with Gasteiger partial charge in [-0.3, -0.25) is 6.08 Å². The van der Waals surface area contributed by atoms with E-state index in [2.05, 4.69) is 32.9 Å². The first-order valence-electron chi connectivity index (χ1n) is 3.84. The number of hydrogen-bond donors (Lipinski definition) is 0. The van der Waals surface area contributed by atoms with Gasteiger partial charge in [-0.1, -0.05) is 0 Å². The van der Waals surface area contributed by atoms with Gasteiger partial charge in [0.25, 0.3) is 0 Å². The molecule has 0 saturated heterocycles. The first-order valence-corrected chi connectivity index (χ1v) is 3.84. The first-order chi connectivity index (χ1) is 5.50. The molecule has 0 atom stereocenters. The molecule has 0 spiro atoms. The molecule has 0 radical (unpaired) electrons. The Morgan fingerprint density at radius 3 is 1.50 bits per heavy atom. The normalized spacial score (nSPS) is 8.83. The molecule has 0 aromatic carbocycles. The van der Waals surface area contributed by atoms with E-state index < -0.39 is 0 Å². The van der Waals surface area contributed by atoms with Crippen LogP contribution in [0.5, 0.6) is 0 Å². The van der Waals surface area contributed by atoms with Gasteiger partial charge < -0.3 is 20.8 Å². The van der Waals surface area contributed by atoms with Gasteiger partial charge in [0.2, 0.25) is 0 Å². The van der Waals surface area contributed by atoms with Crippen LogP contribution in [0.15, 0.2) is 18.2 Å². The monoisotopic (exact) mass is 347 g/mol. The zero-order chi connectivity index (χ0) is 9.54. The fourth-order valence-electron chi connectivity index (χ4n) is 0.340. The quantitative estimate of drug-likeness (QED) is 0.585. The standard InChI is InChI=1S/C5H5.3C2H5.Pt/c1-2-4-5-3-1;3*1-2;/h1-3H,4H2;3*1H2,2H3;/q4*-1;+4. The molecule has 0 aliphatic heterocycles. The van der Waals surface area contributed by atoms with Crippen LogP contribution in [0.25, 0.3) is 0 Å². The van der Waals surface area contributed by atoms with Crippen LogP contribution in [-0.4, -0.2) is 0 Å². The maximum Gasteiger partial charge on any atom is 4.00 e. The summed E-state index contributed by atoms with van der Waals surface area (Å²) in [7, 11) is 0. The first kappa shape index (κ1) is 22.7. The summed E-state index contributed by atoms with van der Waals surface area (Å²) in [6.45, 7) is 15.0. The van der Waals surface area contributed by atoms with Crippen molar-refractivity contribution in [1.82, 2.24) is 0 Å². The van der Waals surface area contributed by atoms with Gasteiger partial charge in [0, 0.05) is 0 Å². The zero-order valence-corrected chi connectivity index (χ0v) is 10.6. The molecule has 74 valence electrons. The minimum Gasteiger partial charge on any atom is -0.346 e. The molecule has 1 rings (SSSR count). The Balaban J connectivity index is -0.0000000406. The van der Waals surface area contributed by atoms with Gasteiger partial charge in [-0.05, 0) is 0 Å². The van der Waals surface area contributed by atoms with Crippen LogP contribution >= 0.6 is 0 Å². The van der Waals surface area contributed by atoms with Crippen molar-refractivity contribution in [3.05, 3.63) is 45.1 Å². The van der Waals surface area contributed by atoms with Crippen molar-refractivity contribution in [2.45, 2.75) is 27.2 Å². The van der Waals surface area contributed by atoms with E-state index in [1.807, 2.05) is 12.2 Å². The van der Waals surface area contributed by atoms with E-state index in [4.69, 9.17) is 0 Å².